The lowest BCUT2D eigenvalue weighted by atomic mass is 9.99. The fourth-order valence-electron chi connectivity index (χ4n) is 2.75. The van der Waals surface area contributed by atoms with E-state index in [9.17, 15) is 18.0 Å². The average molecular weight is 424 g/mol. The van der Waals surface area contributed by atoms with Crippen molar-refractivity contribution in [3.05, 3.63) is 59.7 Å². The molecule has 0 radical (unpaired) electrons. The van der Waals surface area contributed by atoms with Crippen molar-refractivity contribution in [2.24, 2.45) is 0 Å². The molecule has 1 amide bonds. The number of hydrogen-bond donors (Lipinski definition) is 4. The van der Waals surface area contributed by atoms with E-state index in [1.807, 2.05) is 0 Å². The Balaban J connectivity index is 2.15. The molecule has 156 valence electrons. The van der Waals surface area contributed by atoms with Crippen LogP contribution in [0.5, 0.6) is 0 Å². The summed E-state index contributed by atoms with van der Waals surface area (Å²) in [5, 5.41) is 8.95. The normalized spacial score (nSPS) is 12.1. The van der Waals surface area contributed by atoms with E-state index in [2.05, 4.69) is 16.0 Å². The molecule has 2 rings (SSSR count). The predicted molar refractivity (Wildman–Crippen MR) is 112 cm³/mol. The minimum atomic E-state index is -4.44. The molecule has 0 aromatic heterocycles. The minimum Gasteiger partial charge on any atom is -0.397 e. The van der Waals surface area contributed by atoms with E-state index in [1.165, 1.54) is 13.0 Å². The summed E-state index contributed by atoms with van der Waals surface area (Å²) < 4.78 is 39.3. The van der Waals surface area contributed by atoms with E-state index in [1.54, 1.807) is 30.3 Å². The number of halogens is 3. The van der Waals surface area contributed by atoms with Crippen molar-refractivity contribution in [3.8, 4) is 0 Å². The summed E-state index contributed by atoms with van der Waals surface area (Å²) in [5.41, 5.74) is 6.72. The lowest BCUT2D eigenvalue weighted by molar-refractivity contribution is -0.137. The highest BCUT2D eigenvalue weighted by molar-refractivity contribution is 7.80. The first kappa shape index (κ1) is 22.5. The van der Waals surface area contributed by atoms with Crippen LogP contribution in [0.4, 0.5) is 24.5 Å². The van der Waals surface area contributed by atoms with E-state index >= 15 is 0 Å². The Morgan fingerprint density at radius 2 is 1.90 bits per heavy atom. The summed E-state index contributed by atoms with van der Waals surface area (Å²) in [6, 6.07) is 11.7. The van der Waals surface area contributed by atoms with Gasteiger partial charge < -0.3 is 21.7 Å². The van der Waals surface area contributed by atoms with Gasteiger partial charge in [0.15, 0.2) is 5.11 Å². The molecule has 0 spiro atoms. The number of nitrogen functional groups attached to an aromatic ring is 1. The number of amides is 1. The van der Waals surface area contributed by atoms with Gasteiger partial charge in [-0.2, -0.15) is 13.2 Å². The molecule has 1 atom stereocenters. The second kappa shape index (κ2) is 10.1. The number of hydrogen-bond acceptors (Lipinski definition) is 3. The first-order valence-electron chi connectivity index (χ1n) is 9.00. The maximum Gasteiger partial charge on any atom is 0.416 e. The zero-order valence-corrected chi connectivity index (χ0v) is 16.7. The molecular weight excluding hydrogens is 401 g/mol. The molecule has 0 bridgehead atoms. The smallest absolute Gasteiger partial charge is 0.397 e. The summed E-state index contributed by atoms with van der Waals surface area (Å²) in [6.07, 6.45) is -3.41. The highest BCUT2D eigenvalue weighted by atomic mass is 32.1. The van der Waals surface area contributed by atoms with Crippen molar-refractivity contribution >= 4 is 34.6 Å². The number of nitrogens with two attached hydrogens (primary N) is 1. The van der Waals surface area contributed by atoms with Crippen LogP contribution in [0.1, 0.15) is 36.9 Å². The number of carbonyl (C=O) groups excluding carboxylic acids is 1. The van der Waals surface area contributed by atoms with Crippen LogP contribution in [0.15, 0.2) is 48.5 Å². The van der Waals surface area contributed by atoms with Crippen LogP contribution >= 0.6 is 12.2 Å². The van der Waals surface area contributed by atoms with Gasteiger partial charge in [-0.3, -0.25) is 4.79 Å². The first-order valence-corrected chi connectivity index (χ1v) is 9.41. The SMILES string of the molecule is CC(=O)NCCCC(NC(=S)Nc1ccccc1N)c1cccc(C(F)(F)F)c1. The van der Waals surface area contributed by atoms with Gasteiger partial charge in [-0.25, -0.2) is 0 Å². The van der Waals surface area contributed by atoms with Gasteiger partial charge in [0, 0.05) is 13.5 Å². The van der Waals surface area contributed by atoms with E-state index in [-0.39, 0.29) is 11.0 Å². The molecule has 29 heavy (non-hydrogen) atoms. The zero-order chi connectivity index (χ0) is 21.4. The Hall–Kier alpha value is -2.81. The molecule has 1 unspecified atom stereocenters. The number of thiocarbonyl (C=S) groups is 1. The van der Waals surface area contributed by atoms with Gasteiger partial charge in [-0.1, -0.05) is 24.3 Å². The van der Waals surface area contributed by atoms with E-state index in [4.69, 9.17) is 18.0 Å². The molecule has 0 saturated heterocycles. The van der Waals surface area contributed by atoms with Crippen LogP contribution in [0.2, 0.25) is 0 Å². The topological polar surface area (TPSA) is 79.2 Å². The molecule has 5 nitrogen and oxygen atoms in total. The molecular formula is C20H23F3N4OS. The lowest BCUT2D eigenvalue weighted by Crippen LogP contribution is -2.33. The molecule has 5 N–H and O–H groups in total. The van der Waals surface area contributed by atoms with Crippen molar-refractivity contribution in [1.29, 1.82) is 0 Å². The lowest BCUT2D eigenvalue weighted by Gasteiger charge is -2.23. The van der Waals surface area contributed by atoms with Crippen molar-refractivity contribution in [1.82, 2.24) is 10.6 Å². The number of rotatable bonds is 7. The van der Waals surface area contributed by atoms with Gasteiger partial charge in [0.1, 0.15) is 0 Å². The Morgan fingerprint density at radius 3 is 2.55 bits per heavy atom. The Labute approximate surface area is 172 Å². The third-order valence-electron chi connectivity index (χ3n) is 4.17. The summed E-state index contributed by atoms with van der Waals surface area (Å²) >= 11 is 5.33. The van der Waals surface area contributed by atoms with E-state index in [0.29, 0.717) is 36.3 Å². The van der Waals surface area contributed by atoms with Gasteiger partial charge in [0.05, 0.1) is 23.0 Å². The van der Waals surface area contributed by atoms with Crippen molar-refractivity contribution in [2.75, 3.05) is 17.6 Å². The molecule has 0 saturated carbocycles. The fourth-order valence-corrected chi connectivity index (χ4v) is 3.00. The van der Waals surface area contributed by atoms with Gasteiger partial charge in [0.25, 0.3) is 0 Å². The molecule has 0 fully saturated rings. The number of carbonyl (C=O) groups is 1. The van der Waals surface area contributed by atoms with Gasteiger partial charge >= 0.3 is 6.18 Å². The number of benzene rings is 2. The molecule has 0 aliphatic carbocycles. The fraction of sp³-hybridized carbons (Fsp3) is 0.300. The van der Waals surface area contributed by atoms with Crippen molar-refractivity contribution in [2.45, 2.75) is 32.0 Å². The molecule has 9 heteroatoms. The third kappa shape index (κ3) is 7.26. The maximum absolute atomic E-state index is 13.1. The Bertz CT molecular complexity index is 858. The standard InChI is InChI=1S/C20H23F3N4OS/c1-13(28)25-11-5-10-17(14-6-4-7-15(12-14)20(21,22)23)26-19(29)27-18-9-3-2-8-16(18)24/h2-4,6-9,12,17H,5,10-11,24H2,1H3,(H,25,28)(H2,26,27,29). The number of para-hydroxylation sites is 2. The first-order chi connectivity index (χ1) is 13.7. The molecule has 2 aromatic carbocycles. The van der Waals surface area contributed by atoms with Crippen molar-refractivity contribution in [3.63, 3.8) is 0 Å². The molecule has 2 aromatic rings. The highest BCUT2D eigenvalue weighted by Crippen LogP contribution is 2.31. The highest BCUT2D eigenvalue weighted by Gasteiger charge is 2.31. The summed E-state index contributed by atoms with van der Waals surface area (Å²) in [7, 11) is 0. The van der Waals surface area contributed by atoms with Crippen LogP contribution in [-0.4, -0.2) is 17.6 Å². The molecule has 0 heterocycles. The zero-order valence-electron chi connectivity index (χ0n) is 15.8. The van der Waals surface area contributed by atoms with Gasteiger partial charge in [-0.05, 0) is 54.9 Å². The average Bonchev–Trinajstić information content (AvgIpc) is 2.65. The number of nitrogens with one attached hydrogen (secondary N) is 3. The number of anilines is 2. The summed E-state index contributed by atoms with van der Waals surface area (Å²) in [5.74, 6) is -0.162. The van der Waals surface area contributed by atoms with Crippen LogP contribution in [0, 0.1) is 0 Å². The van der Waals surface area contributed by atoms with Gasteiger partial charge in [-0.15, -0.1) is 0 Å². The summed E-state index contributed by atoms with van der Waals surface area (Å²) in [6.45, 7) is 1.82. The second-order valence-electron chi connectivity index (χ2n) is 6.49. The Kier molecular flexibility index (Phi) is 7.83. The minimum absolute atomic E-state index is 0.162. The molecule has 0 aliphatic rings. The second-order valence-corrected chi connectivity index (χ2v) is 6.89. The van der Waals surface area contributed by atoms with Crippen molar-refractivity contribution < 1.29 is 18.0 Å². The quantitative estimate of drug-likeness (QED) is 0.304. The predicted octanol–water partition coefficient (Wildman–Crippen LogP) is 4.23. The number of alkyl halides is 3. The molecule has 0 aliphatic heterocycles. The van der Waals surface area contributed by atoms with Crippen LogP contribution in [-0.2, 0) is 11.0 Å². The van der Waals surface area contributed by atoms with Crippen LogP contribution in [0.3, 0.4) is 0 Å². The maximum atomic E-state index is 13.1. The van der Waals surface area contributed by atoms with Gasteiger partial charge in [0.2, 0.25) is 5.91 Å². The van der Waals surface area contributed by atoms with Crippen LogP contribution < -0.4 is 21.7 Å². The monoisotopic (exact) mass is 424 g/mol. The largest absolute Gasteiger partial charge is 0.416 e. The summed E-state index contributed by atoms with van der Waals surface area (Å²) in [4.78, 5) is 11.0. The third-order valence-corrected chi connectivity index (χ3v) is 4.39. The Morgan fingerprint density at radius 1 is 1.17 bits per heavy atom. The van der Waals surface area contributed by atoms with Crippen LogP contribution in [0.25, 0.3) is 0 Å². The van der Waals surface area contributed by atoms with E-state index in [0.717, 1.165) is 12.1 Å². The van der Waals surface area contributed by atoms with E-state index < -0.39 is 17.8 Å².